The monoisotopic (exact) mass is 396 g/mol. The van der Waals surface area contributed by atoms with E-state index < -0.39 is 10.0 Å². The summed E-state index contributed by atoms with van der Waals surface area (Å²) < 4.78 is 39.6. The Morgan fingerprint density at radius 2 is 1.88 bits per heavy atom. The Morgan fingerprint density at radius 3 is 2.50 bits per heavy atom. The van der Waals surface area contributed by atoms with Crippen molar-refractivity contribution in [3.8, 4) is 11.5 Å². The molecule has 0 bridgehead atoms. The van der Waals surface area contributed by atoms with Gasteiger partial charge in [-0.1, -0.05) is 11.6 Å². The summed E-state index contributed by atoms with van der Waals surface area (Å²) in [6.07, 6.45) is 0.649. The Labute approximate surface area is 158 Å². The zero-order valence-corrected chi connectivity index (χ0v) is 16.4. The number of hydrogen-bond acceptors (Lipinski definition) is 5. The number of likely N-dealkylation sites (N-methyl/N-ethyl adjacent to an activating group) is 1. The van der Waals surface area contributed by atoms with Gasteiger partial charge in [-0.25, -0.2) is 8.42 Å². The van der Waals surface area contributed by atoms with Crippen LogP contribution in [0.1, 0.15) is 5.56 Å². The van der Waals surface area contributed by atoms with E-state index in [9.17, 15) is 8.42 Å². The molecule has 1 atom stereocenters. The summed E-state index contributed by atoms with van der Waals surface area (Å²) in [5.74, 6) is 0.973. The number of anilines is 1. The van der Waals surface area contributed by atoms with Crippen LogP contribution < -0.4 is 14.2 Å². The minimum atomic E-state index is -3.82. The van der Waals surface area contributed by atoms with Crippen LogP contribution in [-0.2, 0) is 16.4 Å². The van der Waals surface area contributed by atoms with Crippen LogP contribution in [0.5, 0.6) is 11.5 Å². The van der Waals surface area contributed by atoms with Gasteiger partial charge in [0.05, 0.1) is 7.11 Å². The molecule has 0 radical (unpaired) electrons. The molecule has 3 rings (SSSR count). The van der Waals surface area contributed by atoms with Crippen LogP contribution in [0.3, 0.4) is 0 Å². The lowest BCUT2D eigenvalue weighted by atomic mass is 10.0. The van der Waals surface area contributed by atoms with E-state index in [0.717, 1.165) is 5.56 Å². The third-order valence-corrected chi connectivity index (χ3v) is 6.03. The summed E-state index contributed by atoms with van der Waals surface area (Å²) in [6, 6.07) is 9.79. The minimum absolute atomic E-state index is 0.0976. The van der Waals surface area contributed by atoms with Crippen LogP contribution in [0.25, 0.3) is 0 Å². The molecular formula is C18H21ClN2O4S. The second-order valence-electron chi connectivity index (χ2n) is 6.32. The topological polar surface area (TPSA) is 67.9 Å². The van der Waals surface area contributed by atoms with Crippen molar-refractivity contribution in [1.29, 1.82) is 0 Å². The van der Waals surface area contributed by atoms with Gasteiger partial charge in [0.2, 0.25) is 0 Å². The molecule has 1 aliphatic heterocycles. The van der Waals surface area contributed by atoms with E-state index >= 15 is 0 Å². The van der Waals surface area contributed by atoms with Gasteiger partial charge in [0, 0.05) is 22.3 Å². The number of benzene rings is 2. The van der Waals surface area contributed by atoms with E-state index in [1.807, 2.05) is 14.1 Å². The van der Waals surface area contributed by atoms with E-state index in [1.165, 1.54) is 6.07 Å². The van der Waals surface area contributed by atoms with Gasteiger partial charge in [-0.05, 0) is 56.9 Å². The van der Waals surface area contributed by atoms with E-state index in [1.54, 1.807) is 37.4 Å². The van der Waals surface area contributed by atoms with Crippen LogP contribution in [0.15, 0.2) is 41.3 Å². The summed E-state index contributed by atoms with van der Waals surface area (Å²) in [7, 11) is 1.68. The van der Waals surface area contributed by atoms with E-state index in [-0.39, 0.29) is 10.9 Å². The molecule has 1 unspecified atom stereocenters. The van der Waals surface area contributed by atoms with Gasteiger partial charge in [-0.3, -0.25) is 4.72 Å². The first-order valence-electron chi connectivity index (χ1n) is 8.09. The highest BCUT2D eigenvalue weighted by Gasteiger charge is 2.31. The molecule has 1 N–H and O–H groups in total. The number of ether oxygens (including phenoxy) is 2. The average molecular weight is 397 g/mol. The highest BCUT2D eigenvalue weighted by atomic mass is 35.5. The molecule has 0 spiro atoms. The van der Waals surface area contributed by atoms with Crippen LogP contribution in [0, 0.1) is 0 Å². The van der Waals surface area contributed by atoms with Gasteiger partial charge in [0.15, 0.2) is 0 Å². The van der Waals surface area contributed by atoms with Crippen molar-refractivity contribution in [1.82, 2.24) is 4.90 Å². The first-order valence-corrected chi connectivity index (χ1v) is 9.95. The van der Waals surface area contributed by atoms with Gasteiger partial charge in [0.25, 0.3) is 10.0 Å². The number of nitrogens with one attached hydrogen (secondary N) is 1. The molecule has 0 aliphatic carbocycles. The second-order valence-corrected chi connectivity index (χ2v) is 8.41. The molecule has 26 heavy (non-hydrogen) atoms. The molecule has 0 amide bonds. The lowest BCUT2D eigenvalue weighted by Gasteiger charge is -2.31. The maximum Gasteiger partial charge on any atom is 0.265 e. The molecule has 0 aromatic heterocycles. The molecule has 2 aromatic rings. The zero-order valence-electron chi connectivity index (χ0n) is 14.8. The molecule has 2 aromatic carbocycles. The summed E-state index contributed by atoms with van der Waals surface area (Å²) in [4.78, 5) is 2.15. The Kier molecular flexibility index (Phi) is 5.32. The van der Waals surface area contributed by atoms with Gasteiger partial charge in [-0.15, -0.1) is 0 Å². The van der Waals surface area contributed by atoms with Crippen molar-refractivity contribution in [3.05, 3.63) is 47.0 Å². The first kappa shape index (κ1) is 18.8. The van der Waals surface area contributed by atoms with Crippen molar-refractivity contribution < 1.29 is 17.9 Å². The number of methoxy groups -OCH3 is 1. The largest absolute Gasteiger partial charge is 0.496 e. The van der Waals surface area contributed by atoms with Crippen LogP contribution in [0.2, 0.25) is 5.02 Å². The predicted octanol–water partition coefficient (Wildman–Crippen LogP) is 3.01. The van der Waals surface area contributed by atoms with Crippen molar-refractivity contribution in [2.24, 2.45) is 0 Å². The fourth-order valence-corrected chi connectivity index (χ4v) is 4.23. The highest BCUT2D eigenvalue weighted by molar-refractivity contribution is 7.92. The van der Waals surface area contributed by atoms with E-state index in [2.05, 4.69) is 9.62 Å². The van der Waals surface area contributed by atoms with Gasteiger partial charge in [0.1, 0.15) is 23.0 Å². The molecule has 6 nitrogen and oxygen atoms in total. The Balaban J connectivity index is 2.00. The summed E-state index contributed by atoms with van der Waals surface area (Å²) in [5, 5.41) is 0.535. The fraction of sp³-hybridized carbons (Fsp3) is 0.333. The molecule has 8 heteroatoms. The molecular weight excluding hydrogens is 376 g/mol. The van der Waals surface area contributed by atoms with Crippen molar-refractivity contribution in [3.63, 3.8) is 0 Å². The second kappa shape index (κ2) is 7.34. The normalized spacial score (nSPS) is 16.7. The molecule has 1 aliphatic rings. The van der Waals surface area contributed by atoms with Crippen molar-refractivity contribution in [2.45, 2.75) is 17.4 Å². The summed E-state index contributed by atoms with van der Waals surface area (Å²) in [5.41, 5.74) is 1.19. The predicted molar refractivity (Wildman–Crippen MR) is 102 cm³/mol. The molecule has 0 saturated heterocycles. The highest BCUT2D eigenvalue weighted by Crippen LogP contribution is 2.39. The zero-order chi connectivity index (χ0) is 18.9. The molecule has 140 valence electrons. The summed E-state index contributed by atoms with van der Waals surface area (Å²) >= 11 is 5.85. The summed E-state index contributed by atoms with van der Waals surface area (Å²) in [6.45, 7) is 0.413. The molecule has 0 fully saturated rings. The number of nitrogens with zero attached hydrogens (tertiary/aromatic N) is 1. The first-order chi connectivity index (χ1) is 12.3. The smallest absolute Gasteiger partial charge is 0.265 e. The number of halogens is 1. The number of hydrogen-bond donors (Lipinski definition) is 1. The number of fused-ring (bicyclic) bond motifs is 1. The average Bonchev–Trinajstić information content (AvgIpc) is 2.61. The quantitative estimate of drug-likeness (QED) is 0.841. The Hall–Kier alpha value is -1.96. The number of sulfonamides is 1. The number of rotatable bonds is 5. The fourth-order valence-electron chi connectivity index (χ4n) is 2.88. The molecule has 0 saturated carbocycles. The van der Waals surface area contributed by atoms with Crippen molar-refractivity contribution >= 4 is 27.3 Å². The van der Waals surface area contributed by atoms with Crippen LogP contribution in [-0.4, -0.2) is 47.2 Å². The standard InChI is InChI=1S/C18H21ClN2O4S/c1-21(2)14-10-15-16(24-3)8-9-17(18(15)25-11-14)26(22,23)20-13-6-4-12(19)5-7-13/h4-9,14,20H,10-11H2,1-3H3. The van der Waals surface area contributed by atoms with Crippen LogP contribution in [0.4, 0.5) is 5.69 Å². The maximum absolute atomic E-state index is 12.9. The molecule has 1 heterocycles. The van der Waals surface area contributed by atoms with Gasteiger partial charge >= 0.3 is 0 Å². The van der Waals surface area contributed by atoms with E-state index in [4.69, 9.17) is 21.1 Å². The third-order valence-electron chi connectivity index (χ3n) is 4.38. The van der Waals surface area contributed by atoms with E-state index in [0.29, 0.717) is 35.2 Å². The Morgan fingerprint density at radius 1 is 1.19 bits per heavy atom. The lowest BCUT2D eigenvalue weighted by molar-refractivity contribution is 0.159. The minimum Gasteiger partial charge on any atom is -0.496 e. The van der Waals surface area contributed by atoms with Crippen molar-refractivity contribution in [2.75, 3.05) is 32.5 Å². The lowest BCUT2D eigenvalue weighted by Crippen LogP contribution is -2.39. The van der Waals surface area contributed by atoms with Crippen LogP contribution >= 0.6 is 11.6 Å². The third kappa shape index (κ3) is 3.75. The van der Waals surface area contributed by atoms with Gasteiger partial charge in [-0.2, -0.15) is 0 Å². The SMILES string of the molecule is COc1ccc(S(=O)(=O)Nc2ccc(Cl)cc2)c2c1CC(N(C)C)CO2. The van der Waals surface area contributed by atoms with Gasteiger partial charge < -0.3 is 14.4 Å². The Bertz CT molecular complexity index is 898. The maximum atomic E-state index is 12.9.